The van der Waals surface area contributed by atoms with Gasteiger partial charge in [0, 0.05) is 12.2 Å². The van der Waals surface area contributed by atoms with Crippen LogP contribution in [-0.4, -0.2) is 33.7 Å². The first kappa shape index (κ1) is 18.1. The number of aromatic nitrogens is 2. The smallest absolute Gasteiger partial charge is 0.288 e. The average Bonchev–Trinajstić information content (AvgIpc) is 3.33. The molecule has 6 nitrogen and oxygen atoms in total. The van der Waals surface area contributed by atoms with E-state index in [1.165, 1.54) is 0 Å². The van der Waals surface area contributed by atoms with E-state index in [4.69, 9.17) is 16.6 Å². The van der Waals surface area contributed by atoms with Crippen LogP contribution in [-0.2, 0) is 11.5 Å². The number of nitrogens with zero attached hydrogens (tertiary/aromatic N) is 3. The van der Waals surface area contributed by atoms with Gasteiger partial charge in [0.2, 0.25) is 5.91 Å². The van der Waals surface area contributed by atoms with Gasteiger partial charge in [0.15, 0.2) is 0 Å². The summed E-state index contributed by atoms with van der Waals surface area (Å²) < 4.78 is 7.32. The Balaban J connectivity index is 1.40. The molecule has 0 saturated carbocycles. The van der Waals surface area contributed by atoms with Crippen LogP contribution < -0.4 is 5.32 Å². The van der Waals surface area contributed by atoms with Gasteiger partial charge in [-0.1, -0.05) is 24.3 Å². The molecule has 1 aromatic carbocycles. The average molecular weight is 401 g/mol. The number of nitrogens with one attached hydrogen (secondary N) is 1. The van der Waals surface area contributed by atoms with Gasteiger partial charge in [-0.15, -0.1) is 16.4 Å². The van der Waals surface area contributed by atoms with Crippen molar-refractivity contribution in [1.29, 1.82) is 0 Å². The molecule has 0 radical (unpaired) electrons. The number of hydrogen-bond acceptors (Lipinski definition) is 6. The number of rotatable bonds is 5. The Morgan fingerprint density at radius 3 is 2.93 bits per heavy atom. The second kappa shape index (κ2) is 8.16. The third-order valence-corrected chi connectivity index (χ3v) is 5.74. The summed E-state index contributed by atoms with van der Waals surface area (Å²) >= 11 is 6.88. The first-order valence-corrected chi connectivity index (χ1v) is 10.2. The number of benzene rings is 1. The molecular weight excluding hydrogens is 380 g/mol. The fourth-order valence-corrected chi connectivity index (χ4v) is 4.07. The van der Waals surface area contributed by atoms with Gasteiger partial charge in [0.05, 0.1) is 17.5 Å². The molecule has 0 bridgehead atoms. The Bertz CT molecular complexity index is 950. The fraction of sp³-hybridized carbons (Fsp3) is 0.316. The molecule has 3 heterocycles. The summed E-state index contributed by atoms with van der Waals surface area (Å²) in [6.45, 7) is 2.13. The van der Waals surface area contributed by atoms with Gasteiger partial charge >= 0.3 is 0 Å². The lowest BCUT2D eigenvalue weighted by Gasteiger charge is -2.31. The Morgan fingerprint density at radius 1 is 1.30 bits per heavy atom. The largest absolute Gasteiger partial charge is 0.408 e. The number of amides is 1. The Morgan fingerprint density at radius 2 is 2.15 bits per heavy atom. The van der Waals surface area contributed by atoms with Crippen LogP contribution >= 0.6 is 23.6 Å². The molecular formula is C19H20N4O2S2. The number of thiophene rings is 1. The van der Waals surface area contributed by atoms with Crippen LogP contribution in [0.15, 0.2) is 52.3 Å². The van der Waals surface area contributed by atoms with Crippen molar-refractivity contribution in [3.8, 4) is 10.8 Å². The molecule has 1 unspecified atom stereocenters. The van der Waals surface area contributed by atoms with Gasteiger partial charge in [-0.3, -0.25) is 9.69 Å². The van der Waals surface area contributed by atoms with Crippen LogP contribution in [0.2, 0.25) is 0 Å². The highest BCUT2D eigenvalue weighted by molar-refractivity contribution is 7.71. The van der Waals surface area contributed by atoms with Gasteiger partial charge in [-0.2, -0.15) is 0 Å². The third-order valence-electron chi connectivity index (χ3n) is 4.59. The number of para-hydroxylation sites is 1. The molecule has 1 amide bonds. The Hall–Kier alpha value is -2.29. The van der Waals surface area contributed by atoms with E-state index in [9.17, 15) is 4.79 Å². The Kier molecular flexibility index (Phi) is 5.47. The second-order valence-electron chi connectivity index (χ2n) is 6.56. The topological polar surface area (TPSA) is 63.3 Å². The van der Waals surface area contributed by atoms with Crippen molar-refractivity contribution in [3.05, 3.63) is 52.7 Å². The molecule has 1 saturated heterocycles. The summed E-state index contributed by atoms with van der Waals surface area (Å²) in [7, 11) is 0. The monoisotopic (exact) mass is 400 g/mol. The number of hydrogen-bond donors (Lipinski definition) is 1. The first-order chi connectivity index (χ1) is 13.2. The van der Waals surface area contributed by atoms with E-state index in [0.717, 1.165) is 30.0 Å². The van der Waals surface area contributed by atoms with Crippen molar-refractivity contribution in [2.45, 2.75) is 19.5 Å². The summed E-state index contributed by atoms with van der Waals surface area (Å²) in [6.07, 6.45) is 1.86. The van der Waals surface area contributed by atoms with E-state index in [2.05, 4.69) is 15.3 Å². The van der Waals surface area contributed by atoms with Crippen LogP contribution in [0.5, 0.6) is 0 Å². The minimum Gasteiger partial charge on any atom is -0.408 e. The lowest BCUT2D eigenvalue weighted by atomic mass is 9.97. The van der Waals surface area contributed by atoms with Crippen LogP contribution in [0.1, 0.15) is 12.8 Å². The molecule has 27 heavy (non-hydrogen) atoms. The minimum atomic E-state index is -0.0446. The maximum Gasteiger partial charge on any atom is 0.288 e. The van der Waals surface area contributed by atoms with E-state index in [1.54, 1.807) is 16.0 Å². The highest BCUT2D eigenvalue weighted by atomic mass is 32.1. The summed E-state index contributed by atoms with van der Waals surface area (Å²) in [5.74, 6) is 0.566. The number of piperidine rings is 1. The molecule has 1 aliphatic rings. The molecule has 1 N–H and O–H groups in total. The lowest BCUT2D eigenvalue weighted by Crippen LogP contribution is -2.41. The zero-order valence-electron chi connectivity index (χ0n) is 14.7. The summed E-state index contributed by atoms with van der Waals surface area (Å²) in [6, 6.07) is 13.5. The standard InChI is InChI=1S/C19H20N4O2S2/c24-17(20-15-7-2-1-3-8-15)14-6-4-10-22(12-14)13-23-19(26)25-18(21-23)16-9-5-11-27-16/h1-3,5,7-9,11,14H,4,6,10,12-13H2,(H,20,24). The molecule has 2 aromatic heterocycles. The predicted octanol–water partition coefficient (Wildman–Crippen LogP) is 4.24. The minimum absolute atomic E-state index is 0.0446. The van der Waals surface area contributed by atoms with Crippen molar-refractivity contribution in [3.63, 3.8) is 0 Å². The lowest BCUT2D eigenvalue weighted by molar-refractivity contribution is -0.121. The summed E-state index contributed by atoms with van der Waals surface area (Å²) in [5, 5.41) is 9.48. The van der Waals surface area contributed by atoms with Crippen molar-refractivity contribution in [2.24, 2.45) is 5.92 Å². The van der Waals surface area contributed by atoms with Gasteiger partial charge in [0.1, 0.15) is 0 Å². The highest BCUT2D eigenvalue weighted by Crippen LogP contribution is 2.24. The van der Waals surface area contributed by atoms with E-state index < -0.39 is 0 Å². The van der Waals surface area contributed by atoms with Gasteiger partial charge in [-0.05, 0) is 55.2 Å². The zero-order chi connectivity index (χ0) is 18.6. The normalized spacial score (nSPS) is 17.7. The van der Waals surface area contributed by atoms with Gasteiger partial charge < -0.3 is 9.73 Å². The number of anilines is 1. The van der Waals surface area contributed by atoms with E-state index in [0.29, 0.717) is 23.9 Å². The fourth-order valence-electron chi connectivity index (χ4n) is 3.25. The van der Waals surface area contributed by atoms with Crippen molar-refractivity contribution in [2.75, 3.05) is 18.4 Å². The molecule has 8 heteroatoms. The van der Waals surface area contributed by atoms with Crippen molar-refractivity contribution >= 4 is 35.1 Å². The van der Waals surface area contributed by atoms with Crippen molar-refractivity contribution in [1.82, 2.24) is 14.7 Å². The van der Waals surface area contributed by atoms with E-state index in [1.807, 2.05) is 47.8 Å². The van der Waals surface area contributed by atoms with E-state index >= 15 is 0 Å². The first-order valence-electron chi connectivity index (χ1n) is 8.89. The molecule has 0 aliphatic carbocycles. The zero-order valence-corrected chi connectivity index (χ0v) is 16.3. The third kappa shape index (κ3) is 4.35. The molecule has 1 atom stereocenters. The number of carbonyl (C=O) groups excluding carboxylic acids is 1. The second-order valence-corrected chi connectivity index (χ2v) is 7.86. The quantitative estimate of drug-likeness (QED) is 0.649. The summed E-state index contributed by atoms with van der Waals surface area (Å²) in [5.41, 5.74) is 0.832. The molecule has 0 spiro atoms. The van der Waals surface area contributed by atoms with Crippen LogP contribution in [0.4, 0.5) is 5.69 Å². The number of likely N-dealkylation sites (tertiary alicyclic amines) is 1. The molecule has 1 aliphatic heterocycles. The Labute approximate surface area is 166 Å². The number of carbonyl (C=O) groups is 1. The predicted molar refractivity (Wildman–Crippen MR) is 108 cm³/mol. The van der Waals surface area contributed by atoms with Crippen molar-refractivity contribution < 1.29 is 9.21 Å². The molecule has 140 valence electrons. The van der Waals surface area contributed by atoms with Gasteiger partial charge in [0.25, 0.3) is 10.7 Å². The summed E-state index contributed by atoms with van der Waals surface area (Å²) in [4.78, 5) is 16.1. The SMILES string of the molecule is O=C(Nc1ccccc1)C1CCCN(Cn2nc(-c3cccs3)oc2=S)C1. The van der Waals surface area contributed by atoms with Gasteiger partial charge in [-0.25, -0.2) is 4.68 Å². The molecule has 4 rings (SSSR count). The maximum atomic E-state index is 12.6. The van der Waals surface area contributed by atoms with Crippen LogP contribution in [0.3, 0.4) is 0 Å². The molecule has 1 fully saturated rings. The molecule has 3 aromatic rings. The van der Waals surface area contributed by atoms with E-state index in [-0.39, 0.29) is 11.8 Å². The van der Waals surface area contributed by atoms with Crippen LogP contribution in [0, 0.1) is 10.8 Å². The van der Waals surface area contributed by atoms with Crippen LogP contribution in [0.25, 0.3) is 10.8 Å². The highest BCUT2D eigenvalue weighted by Gasteiger charge is 2.26. The maximum absolute atomic E-state index is 12.6.